The van der Waals surface area contributed by atoms with Gasteiger partial charge in [0.1, 0.15) is 4.90 Å². The van der Waals surface area contributed by atoms with E-state index < -0.39 is 10.0 Å². The van der Waals surface area contributed by atoms with Crippen LogP contribution >= 0.6 is 11.8 Å². The molecule has 1 aromatic rings. The number of unbranched alkanes of at least 4 members (excludes halogenated alkanes) is 3. The predicted octanol–water partition coefficient (Wildman–Crippen LogP) is 2.33. The smallest absolute Gasteiger partial charge is 0.244 e. The van der Waals surface area contributed by atoms with Gasteiger partial charge in [-0.05, 0) is 30.9 Å². The molecule has 0 saturated heterocycles. The largest absolute Gasteiger partial charge is 0.387 e. The first-order valence-electron chi connectivity index (χ1n) is 6.72. The van der Waals surface area contributed by atoms with Gasteiger partial charge in [-0.2, -0.15) is 11.8 Å². The number of thioether (sulfide) groups is 1. The van der Waals surface area contributed by atoms with Crippen LogP contribution in [0.1, 0.15) is 25.7 Å². The highest BCUT2D eigenvalue weighted by Crippen LogP contribution is 2.18. The summed E-state index contributed by atoms with van der Waals surface area (Å²) in [5.41, 5.74) is 0.562. The van der Waals surface area contributed by atoms with Crippen LogP contribution in [0.15, 0.2) is 23.4 Å². The summed E-state index contributed by atoms with van der Waals surface area (Å²) in [4.78, 5) is 4.08. The lowest BCUT2D eigenvalue weighted by Gasteiger charge is -2.10. The second-order valence-corrected chi connectivity index (χ2v) is 7.15. The molecule has 0 atom stereocenters. The highest BCUT2D eigenvalue weighted by Gasteiger charge is 2.17. The van der Waals surface area contributed by atoms with Crippen LogP contribution in [0.2, 0.25) is 0 Å². The molecule has 0 fully saturated rings. The summed E-state index contributed by atoms with van der Waals surface area (Å²) in [5.74, 6) is 1.17. The van der Waals surface area contributed by atoms with Gasteiger partial charge in [0.2, 0.25) is 10.0 Å². The van der Waals surface area contributed by atoms with E-state index in [9.17, 15) is 8.42 Å². The highest BCUT2D eigenvalue weighted by atomic mass is 32.2. The Labute approximate surface area is 126 Å². The topological polar surface area (TPSA) is 71.1 Å². The van der Waals surface area contributed by atoms with Crippen molar-refractivity contribution in [2.24, 2.45) is 0 Å². The fourth-order valence-electron chi connectivity index (χ4n) is 1.81. The third kappa shape index (κ3) is 5.68. The van der Waals surface area contributed by atoms with Crippen LogP contribution in [0.3, 0.4) is 0 Å². The molecule has 0 aromatic carbocycles. The molecule has 2 N–H and O–H groups in total. The number of hydrogen-bond donors (Lipinski definition) is 2. The second kappa shape index (κ2) is 9.20. The Hall–Kier alpha value is -0.790. The fraction of sp³-hybridized carbons (Fsp3) is 0.615. The Morgan fingerprint density at radius 1 is 1.25 bits per heavy atom. The van der Waals surface area contributed by atoms with Crippen molar-refractivity contribution in [1.29, 1.82) is 0 Å². The van der Waals surface area contributed by atoms with Crippen LogP contribution in [-0.2, 0) is 10.0 Å². The summed E-state index contributed by atoms with van der Waals surface area (Å²) in [7, 11) is -1.79. The third-order valence-corrected chi connectivity index (χ3v) is 5.10. The van der Waals surface area contributed by atoms with Crippen molar-refractivity contribution >= 4 is 27.5 Å². The first-order valence-corrected chi connectivity index (χ1v) is 9.60. The number of nitrogens with one attached hydrogen (secondary N) is 2. The van der Waals surface area contributed by atoms with Crippen molar-refractivity contribution in [1.82, 2.24) is 9.71 Å². The SMILES string of the molecule is CNc1ccncc1S(=O)(=O)NCCCCCCSC. The van der Waals surface area contributed by atoms with E-state index in [4.69, 9.17) is 0 Å². The maximum Gasteiger partial charge on any atom is 0.244 e. The van der Waals surface area contributed by atoms with Crippen molar-refractivity contribution in [3.8, 4) is 0 Å². The molecule has 20 heavy (non-hydrogen) atoms. The van der Waals surface area contributed by atoms with Crippen molar-refractivity contribution < 1.29 is 8.42 Å². The quantitative estimate of drug-likeness (QED) is 0.648. The molecule has 0 spiro atoms. The van der Waals surface area contributed by atoms with Gasteiger partial charge in [0, 0.05) is 26.0 Å². The normalized spacial score (nSPS) is 11.5. The Morgan fingerprint density at radius 3 is 2.70 bits per heavy atom. The second-order valence-electron chi connectivity index (χ2n) is 4.43. The minimum absolute atomic E-state index is 0.199. The van der Waals surface area contributed by atoms with Gasteiger partial charge in [-0.3, -0.25) is 4.98 Å². The molecular formula is C13H23N3O2S2. The fourth-order valence-corrected chi connectivity index (χ4v) is 3.53. The van der Waals surface area contributed by atoms with E-state index in [1.165, 1.54) is 18.4 Å². The molecule has 0 unspecified atom stereocenters. The van der Waals surface area contributed by atoms with Crippen LogP contribution in [0, 0.1) is 0 Å². The molecule has 7 heteroatoms. The number of nitrogens with zero attached hydrogens (tertiary/aromatic N) is 1. The van der Waals surface area contributed by atoms with E-state index in [0.717, 1.165) is 19.3 Å². The van der Waals surface area contributed by atoms with Gasteiger partial charge in [-0.15, -0.1) is 0 Å². The van der Waals surface area contributed by atoms with Crippen LogP contribution in [0.25, 0.3) is 0 Å². The maximum atomic E-state index is 12.2. The zero-order valence-electron chi connectivity index (χ0n) is 12.1. The Bertz CT molecular complexity index is 492. The van der Waals surface area contributed by atoms with Crippen LogP contribution < -0.4 is 10.0 Å². The van der Waals surface area contributed by atoms with Gasteiger partial charge in [-0.25, -0.2) is 13.1 Å². The zero-order valence-corrected chi connectivity index (χ0v) is 13.7. The zero-order chi connectivity index (χ0) is 14.8. The molecule has 0 radical (unpaired) electrons. The molecule has 0 amide bonds. The van der Waals surface area contributed by atoms with E-state index in [1.54, 1.807) is 19.3 Å². The maximum absolute atomic E-state index is 12.2. The van der Waals surface area contributed by atoms with E-state index in [0.29, 0.717) is 12.2 Å². The summed E-state index contributed by atoms with van der Waals surface area (Å²) in [5, 5.41) is 2.86. The Balaban J connectivity index is 2.42. The van der Waals surface area contributed by atoms with Crippen molar-refractivity contribution in [3.63, 3.8) is 0 Å². The summed E-state index contributed by atoms with van der Waals surface area (Å²) in [6, 6.07) is 1.65. The number of sulfonamides is 1. The predicted molar refractivity (Wildman–Crippen MR) is 85.8 cm³/mol. The van der Waals surface area contributed by atoms with Crippen molar-refractivity contribution in [2.45, 2.75) is 30.6 Å². The molecule has 1 aromatic heterocycles. The van der Waals surface area contributed by atoms with Crippen molar-refractivity contribution in [3.05, 3.63) is 18.5 Å². The van der Waals surface area contributed by atoms with Gasteiger partial charge in [-0.1, -0.05) is 12.8 Å². The molecule has 0 bridgehead atoms. The average Bonchev–Trinajstić information content (AvgIpc) is 2.46. The van der Waals surface area contributed by atoms with Gasteiger partial charge in [0.25, 0.3) is 0 Å². The molecule has 1 rings (SSSR count). The molecule has 5 nitrogen and oxygen atoms in total. The highest BCUT2D eigenvalue weighted by molar-refractivity contribution is 7.98. The molecular weight excluding hydrogens is 294 g/mol. The molecule has 0 saturated carbocycles. The number of aromatic nitrogens is 1. The standard InChI is InChI=1S/C13H23N3O2S2/c1-14-12-7-9-15-11-13(12)20(17,18)16-8-5-3-4-6-10-19-2/h7,9,11,16H,3-6,8,10H2,1-2H3,(H,14,15). The third-order valence-electron chi connectivity index (χ3n) is 2.91. The van der Waals surface area contributed by atoms with E-state index >= 15 is 0 Å². The summed E-state index contributed by atoms with van der Waals surface area (Å²) in [6.07, 6.45) is 9.29. The summed E-state index contributed by atoms with van der Waals surface area (Å²) < 4.78 is 26.9. The number of rotatable bonds is 10. The molecule has 114 valence electrons. The molecule has 0 aliphatic heterocycles. The van der Waals surface area contributed by atoms with Crippen LogP contribution in [0.5, 0.6) is 0 Å². The lowest BCUT2D eigenvalue weighted by molar-refractivity contribution is 0.574. The lowest BCUT2D eigenvalue weighted by atomic mass is 10.2. The van der Waals surface area contributed by atoms with Crippen molar-refractivity contribution in [2.75, 3.05) is 30.9 Å². The number of hydrogen-bond acceptors (Lipinski definition) is 5. The average molecular weight is 317 g/mol. The number of pyridine rings is 1. The minimum atomic E-state index is -3.48. The lowest BCUT2D eigenvalue weighted by Crippen LogP contribution is -2.25. The van der Waals surface area contributed by atoms with Gasteiger partial charge >= 0.3 is 0 Å². The minimum Gasteiger partial charge on any atom is -0.387 e. The van der Waals surface area contributed by atoms with Gasteiger partial charge < -0.3 is 5.32 Å². The molecule has 1 heterocycles. The van der Waals surface area contributed by atoms with Gasteiger partial charge in [0.15, 0.2) is 0 Å². The first-order chi connectivity index (χ1) is 9.61. The number of anilines is 1. The van der Waals surface area contributed by atoms with E-state index in [-0.39, 0.29) is 4.90 Å². The summed E-state index contributed by atoms with van der Waals surface area (Å²) >= 11 is 1.85. The monoisotopic (exact) mass is 317 g/mol. The Kier molecular flexibility index (Phi) is 7.94. The molecule has 0 aliphatic carbocycles. The van der Waals surface area contributed by atoms with E-state index in [1.807, 2.05) is 11.8 Å². The van der Waals surface area contributed by atoms with Crippen LogP contribution in [-0.4, -0.2) is 39.0 Å². The van der Waals surface area contributed by atoms with Crippen LogP contribution in [0.4, 0.5) is 5.69 Å². The summed E-state index contributed by atoms with van der Waals surface area (Å²) in [6.45, 7) is 0.472. The van der Waals surface area contributed by atoms with Gasteiger partial charge in [0.05, 0.1) is 5.69 Å². The van der Waals surface area contributed by atoms with E-state index in [2.05, 4.69) is 21.3 Å². The first kappa shape index (κ1) is 17.3. The Morgan fingerprint density at radius 2 is 2.00 bits per heavy atom. The molecule has 0 aliphatic rings.